The summed E-state index contributed by atoms with van der Waals surface area (Å²) in [6, 6.07) is 0. The Morgan fingerprint density at radius 2 is 1.27 bits per heavy atom. The van der Waals surface area contributed by atoms with E-state index in [2.05, 4.69) is 4.90 Å². The van der Waals surface area contributed by atoms with E-state index < -0.39 is 58.5 Å². The minimum atomic E-state index is -1.29. The molecule has 0 saturated carbocycles. The molecule has 41 heavy (non-hydrogen) atoms. The summed E-state index contributed by atoms with van der Waals surface area (Å²) in [4.78, 5) is 75.7. The number of nitrogens with zero attached hydrogens (tertiary/aromatic N) is 1. The van der Waals surface area contributed by atoms with Crippen molar-refractivity contribution < 1.29 is 52.5 Å². The molecule has 234 valence electrons. The number of ether oxygens (including phenoxy) is 5. The Bertz CT molecular complexity index is 902. The summed E-state index contributed by atoms with van der Waals surface area (Å²) in [5, 5.41) is -1.61. The Balaban J connectivity index is 2.71. The number of piperidine rings is 1. The van der Waals surface area contributed by atoms with E-state index in [-0.39, 0.29) is 30.6 Å². The van der Waals surface area contributed by atoms with Gasteiger partial charge in [-0.25, -0.2) is 9.59 Å². The lowest BCUT2D eigenvalue weighted by atomic mass is 9.97. The molecule has 0 aliphatic carbocycles. The zero-order valence-electron chi connectivity index (χ0n) is 24.8. The highest BCUT2D eigenvalue weighted by atomic mass is 32.2. The van der Waals surface area contributed by atoms with E-state index >= 15 is 0 Å². The van der Waals surface area contributed by atoms with Gasteiger partial charge in [0.05, 0.1) is 22.5 Å². The van der Waals surface area contributed by atoms with Crippen molar-refractivity contribution in [3.8, 4) is 0 Å². The molecule has 1 atom stereocenters. The minimum absolute atomic E-state index is 0.123. The van der Waals surface area contributed by atoms with Crippen LogP contribution >= 0.6 is 23.5 Å². The summed E-state index contributed by atoms with van der Waals surface area (Å²) in [6.07, 6.45) is 3.05. The number of thioether (sulfide) groups is 2. The monoisotopic (exact) mass is 621 g/mol. The van der Waals surface area contributed by atoms with E-state index in [1.807, 2.05) is 0 Å². The Labute approximate surface area is 250 Å². The molecule has 1 rings (SSSR count). The molecule has 1 aliphatic heterocycles. The maximum absolute atomic E-state index is 13.2. The van der Waals surface area contributed by atoms with Gasteiger partial charge in [-0.3, -0.25) is 24.1 Å². The van der Waals surface area contributed by atoms with E-state index in [0.29, 0.717) is 30.1 Å². The summed E-state index contributed by atoms with van der Waals surface area (Å²) in [5.41, 5.74) is 0. The molecule has 1 saturated heterocycles. The predicted octanol–water partition coefficient (Wildman–Crippen LogP) is 4.42. The van der Waals surface area contributed by atoms with Crippen LogP contribution in [0, 0.1) is 17.8 Å². The first-order chi connectivity index (χ1) is 19.2. The van der Waals surface area contributed by atoms with Gasteiger partial charge in [-0.1, -0.05) is 34.1 Å². The quantitative estimate of drug-likeness (QED) is 0.136. The second-order valence-electron chi connectivity index (χ2n) is 10.6. The fourth-order valence-electron chi connectivity index (χ4n) is 3.37. The zero-order valence-corrected chi connectivity index (χ0v) is 26.4. The van der Waals surface area contributed by atoms with Crippen molar-refractivity contribution in [1.82, 2.24) is 4.90 Å². The van der Waals surface area contributed by atoms with E-state index in [0.717, 1.165) is 25.9 Å². The highest BCUT2D eigenvalue weighted by molar-refractivity contribution is 8.15. The van der Waals surface area contributed by atoms with Crippen molar-refractivity contribution in [2.24, 2.45) is 17.8 Å². The number of carbonyl (C=O) groups excluding carboxylic acids is 6. The lowest BCUT2D eigenvalue weighted by Crippen LogP contribution is -2.36. The second kappa shape index (κ2) is 19.0. The van der Waals surface area contributed by atoms with Crippen LogP contribution in [-0.4, -0.2) is 89.5 Å². The molecule has 1 aliphatic rings. The van der Waals surface area contributed by atoms with Gasteiger partial charge >= 0.3 is 28.5 Å². The summed E-state index contributed by atoms with van der Waals surface area (Å²) < 4.78 is 23.6. The van der Waals surface area contributed by atoms with Crippen molar-refractivity contribution in [1.29, 1.82) is 0 Å². The summed E-state index contributed by atoms with van der Waals surface area (Å²) in [6.45, 7) is 11.0. The predicted molar refractivity (Wildman–Crippen MR) is 153 cm³/mol. The van der Waals surface area contributed by atoms with Crippen LogP contribution in [0.5, 0.6) is 0 Å². The fraction of sp³-hybridized carbons (Fsp3) is 0.778. The van der Waals surface area contributed by atoms with Gasteiger partial charge in [0.2, 0.25) is 13.6 Å². The van der Waals surface area contributed by atoms with Crippen molar-refractivity contribution in [2.45, 2.75) is 72.0 Å². The molecule has 1 fully saturated rings. The normalized spacial score (nSPS) is 14.7. The molecular weight excluding hydrogens is 578 g/mol. The van der Waals surface area contributed by atoms with Gasteiger partial charge < -0.3 is 23.7 Å². The maximum atomic E-state index is 13.2. The van der Waals surface area contributed by atoms with Crippen molar-refractivity contribution in [3.63, 3.8) is 0 Å². The summed E-state index contributed by atoms with van der Waals surface area (Å²) in [5.74, 6) is -4.05. The van der Waals surface area contributed by atoms with Crippen LogP contribution in [0.3, 0.4) is 0 Å². The lowest BCUT2D eigenvalue weighted by Gasteiger charge is -2.26. The summed E-state index contributed by atoms with van der Waals surface area (Å²) >= 11 is 1.25. The van der Waals surface area contributed by atoms with Crippen LogP contribution in [0.2, 0.25) is 0 Å². The number of likely N-dealkylation sites (tertiary alicyclic amines) is 1. The number of rotatable bonds is 16. The Morgan fingerprint density at radius 3 is 1.80 bits per heavy atom. The van der Waals surface area contributed by atoms with Crippen LogP contribution in [0.4, 0.5) is 9.59 Å². The topological polar surface area (TPSA) is 152 Å². The lowest BCUT2D eigenvalue weighted by molar-refractivity contribution is -0.156. The van der Waals surface area contributed by atoms with Gasteiger partial charge in [-0.2, -0.15) is 0 Å². The fourth-order valence-corrected chi connectivity index (χ4v) is 4.81. The highest BCUT2D eigenvalue weighted by Gasteiger charge is 2.36. The van der Waals surface area contributed by atoms with E-state index in [1.165, 1.54) is 20.3 Å². The van der Waals surface area contributed by atoms with Crippen LogP contribution in [0.1, 0.15) is 67.2 Å². The number of esters is 3. The maximum Gasteiger partial charge on any atom is 0.371 e. The van der Waals surface area contributed by atoms with Crippen molar-refractivity contribution >= 4 is 57.8 Å². The third-order valence-electron chi connectivity index (χ3n) is 5.98. The first-order valence-corrected chi connectivity index (χ1v) is 15.4. The van der Waals surface area contributed by atoms with Crippen molar-refractivity contribution in [2.75, 3.05) is 45.6 Å². The molecule has 0 aromatic rings. The van der Waals surface area contributed by atoms with Crippen molar-refractivity contribution in [3.05, 3.63) is 0 Å². The number of hydrogen-bond acceptors (Lipinski definition) is 14. The Morgan fingerprint density at radius 1 is 0.732 bits per heavy atom. The smallest absolute Gasteiger partial charge is 0.371 e. The van der Waals surface area contributed by atoms with Crippen LogP contribution < -0.4 is 0 Å². The Kier molecular flexibility index (Phi) is 17.0. The number of hydrogen-bond donors (Lipinski definition) is 0. The molecule has 0 amide bonds. The Hall–Kier alpha value is -2.32. The highest BCUT2D eigenvalue weighted by Crippen LogP contribution is 2.31. The second-order valence-corrected chi connectivity index (χ2v) is 13.1. The van der Waals surface area contributed by atoms with Crippen LogP contribution in [-0.2, 0) is 42.9 Å². The van der Waals surface area contributed by atoms with Gasteiger partial charge in [-0.15, -0.1) is 0 Å². The molecule has 0 spiro atoms. The molecule has 1 heterocycles. The molecular formula is C27H43NO11S2. The summed E-state index contributed by atoms with van der Waals surface area (Å²) in [7, 11) is 0. The molecule has 0 radical (unpaired) electrons. The van der Waals surface area contributed by atoms with E-state index in [9.17, 15) is 28.8 Å². The number of carbonyl (C=O) groups is 6. The molecule has 0 N–H and O–H groups in total. The molecule has 14 heteroatoms. The van der Waals surface area contributed by atoms with E-state index in [1.54, 1.807) is 27.7 Å². The van der Waals surface area contributed by atoms with Gasteiger partial charge in [0.25, 0.3) is 0 Å². The van der Waals surface area contributed by atoms with Gasteiger partial charge in [-0.05, 0) is 63.3 Å². The molecule has 12 nitrogen and oxygen atoms in total. The van der Waals surface area contributed by atoms with E-state index in [4.69, 9.17) is 23.7 Å². The average Bonchev–Trinajstić information content (AvgIpc) is 2.90. The standard InChI is InChI=1S/C27H43NO11S2/c1-18(2)22(30)36-16-38-25(33)40-15-20(24(32)35-13-12-28-10-8-7-9-11-28)14-21(29)27(5,6)41-26(34)39-17-37-23(31)19(3)4/h18-20H,7-17H2,1-6H3/t20-/m0/s1. The SMILES string of the molecule is CC(C)C(=O)OCOC(=O)SC[C@H](CC(=O)C(C)(C)SC(=O)OCOC(=O)C(C)C)C(=O)OCCN1CCCCC1. The average molecular weight is 622 g/mol. The van der Waals surface area contributed by atoms with Gasteiger partial charge in [0, 0.05) is 18.7 Å². The third kappa shape index (κ3) is 15.5. The molecule has 0 bridgehead atoms. The van der Waals surface area contributed by atoms with Gasteiger partial charge in [0.15, 0.2) is 0 Å². The molecule has 0 aromatic carbocycles. The minimum Gasteiger partial charge on any atom is -0.464 e. The number of Topliss-reactive ketones (excluding diaryl/α,β-unsaturated/α-hetero) is 1. The zero-order chi connectivity index (χ0) is 31.0. The van der Waals surface area contributed by atoms with Crippen LogP contribution in [0.15, 0.2) is 0 Å². The first-order valence-electron chi connectivity index (χ1n) is 13.6. The van der Waals surface area contributed by atoms with Crippen LogP contribution in [0.25, 0.3) is 0 Å². The molecule has 0 unspecified atom stereocenters. The number of ketones is 1. The largest absolute Gasteiger partial charge is 0.464 e. The van der Waals surface area contributed by atoms with Gasteiger partial charge in [0.1, 0.15) is 12.4 Å². The third-order valence-corrected chi connectivity index (χ3v) is 7.92. The molecule has 0 aromatic heterocycles. The first kappa shape index (κ1) is 36.7.